The van der Waals surface area contributed by atoms with Crippen molar-refractivity contribution in [1.29, 1.82) is 0 Å². The van der Waals surface area contributed by atoms with Crippen LogP contribution < -0.4 is 10.2 Å². The maximum Gasteiger partial charge on any atom is 0.255 e. The zero-order chi connectivity index (χ0) is 21.6. The molecular formula is C23H30FN3O2. The van der Waals surface area contributed by atoms with Gasteiger partial charge in [0.25, 0.3) is 5.91 Å². The molecule has 0 bridgehead atoms. The molecule has 29 heavy (non-hydrogen) atoms. The predicted molar refractivity (Wildman–Crippen MR) is 116 cm³/mol. The number of nitrogens with one attached hydrogen (secondary N) is 1. The zero-order valence-electron chi connectivity index (χ0n) is 17.8. The van der Waals surface area contributed by atoms with E-state index in [-0.39, 0.29) is 23.3 Å². The average molecular weight is 400 g/mol. The van der Waals surface area contributed by atoms with Gasteiger partial charge in [-0.1, -0.05) is 26.8 Å². The highest BCUT2D eigenvalue weighted by Gasteiger charge is 2.19. The summed E-state index contributed by atoms with van der Waals surface area (Å²) in [5, 5.41) is 2.82. The fourth-order valence-corrected chi connectivity index (χ4v) is 3.17. The Morgan fingerprint density at radius 3 is 2.41 bits per heavy atom. The summed E-state index contributed by atoms with van der Waals surface area (Å²) in [5.74, 6) is -0.814. The van der Waals surface area contributed by atoms with Gasteiger partial charge in [-0.3, -0.25) is 9.59 Å². The lowest BCUT2D eigenvalue weighted by molar-refractivity contribution is -0.135. The summed E-state index contributed by atoms with van der Waals surface area (Å²) in [6, 6.07) is 11.2. The van der Waals surface area contributed by atoms with E-state index < -0.39 is 5.82 Å². The quantitative estimate of drug-likeness (QED) is 0.709. The Hall–Kier alpha value is -2.89. The minimum absolute atomic E-state index is 0.0831. The molecule has 0 aliphatic carbocycles. The first-order valence-corrected chi connectivity index (χ1v) is 9.88. The topological polar surface area (TPSA) is 52.7 Å². The third kappa shape index (κ3) is 6.04. The molecule has 5 nitrogen and oxygen atoms in total. The molecule has 2 rings (SSSR count). The lowest BCUT2D eigenvalue weighted by Crippen LogP contribution is -2.34. The van der Waals surface area contributed by atoms with Gasteiger partial charge in [-0.15, -0.1) is 0 Å². The summed E-state index contributed by atoms with van der Waals surface area (Å²) in [5.41, 5.74) is 2.78. The lowest BCUT2D eigenvalue weighted by Gasteiger charge is -2.27. The Labute approximate surface area is 172 Å². The molecule has 0 unspecified atom stereocenters. The first kappa shape index (κ1) is 22.4. The van der Waals surface area contributed by atoms with Crippen LogP contribution in [0, 0.1) is 11.7 Å². The van der Waals surface area contributed by atoms with Crippen LogP contribution in [0.25, 0.3) is 0 Å². The monoisotopic (exact) mass is 399 g/mol. The van der Waals surface area contributed by atoms with Gasteiger partial charge in [0, 0.05) is 50.0 Å². The molecule has 0 aliphatic rings. The molecule has 0 saturated carbocycles. The molecule has 6 heteroatoms. The van der Waals surface area contributed by atoms with Crippen molar-refractivity contribution < 1.29 is 14.0 Å². The van der Waals surface area contributed by atoms with E-state index in [4.69, 9.17) is 0 Å². The number of halogens is 1. The molecule has 156 valence electrons. The minimum Gasteiger partial charge on any atom is -0.377 e. The van der Waals surface area contributed by atoms with Crippen molar-refractivity contribution in [3.63, 3.8) is 0 Å². The van der Waals surface area contributed by atoms with Gasteiger partial charge in [0.15, 0.2) is 0 Å². The molecule has 0 saturated heterocycles. The second-order valence-corrected chi connectivity index (χ2v) is 7.62. The molecule has 0 heterocycles. The van der Waals surface area contributed by atoms with Gasteiger partial charge in [-0.25, -0.2) is 4.39 Å². The summed E-state index contributed by atoms with van der Waals surface area (Å²) in [6.07, 6.45) is 0.867. The number of hydrogen-bond acceptors (Lipinski definition) is 3. The fourth-order valence-electron chi connectivity index (χ4n) is 3.17. The Kier molecular flexibility index (Phi) is 7.76. The van der Waals surface area contributed by atoms with E-state index >= 15 is 0 Å². The Morgan fingerprint density at radius 2 is 1.83 bits per heavy atom. The van der Waals surface area contributed by atoms with Crippen LogP contribution in [0.1, 0.15) is 43.1 Å². The van der Waals surface area contributed by atoms with Crippen molar-refractivity contribution in [2.75, 3.05) is 30.9 Å². The van der Waals surface area contributed by atoms with Crippen LogP contribution in [0.4, 0.5) is 15.8 Å². The van der Waals surface area contributed by atoms with Gasteiger partial charge in [-0.2, -0.15) is 0 Å². The number of benzene rings is 2. The Balaban J connectivity index is 2.30. The molecule has 2 aromatic carbocycles. The highest BCUT2D eigenvalue weighted by Crippen LogP contribution is 2.25. The van der Waals surface area contributed by atoms with Gasteiger partial charge in [0.05, 0.1) is 0 Å². The van der Waals surface area contributed by atoms with Crippen molar-refractivity contribution in [3.8, 4) is 0 Å². The summed E-state index contributed by atoms with van der Waals surface area (Å²) < 4.78 is 13.4. The third-order valence-electron chi connectivity index (χ3n) is 4.57. The number of carbonyl (C=O) groups is 2. The largest absolute Gasteiger partial charge is 0.377 e. The SMILES string of the molecule is CCCN(Cc1cc(NC(=O)c2cccc(F)c2)ccc1N(C)C)C(=O)C(C)C. The Morgan fingerprint density at radius 1 is 1.10 bits per heavy atom. The van der Waals surface area contributed by atoms with Crippen molar-refractivity contribution in [2.24, 2.45) is 5.92 Å². The van der Waals surface area contributed by atoms with Gasteiger partial charge in [0.1, 0.15) is 5.82 Å². The van der Waals surface area contributed by atoms with E-state index in [1.54, 1.807) is 6.07 Å². The molecule has 0 aliphatic heterocycles. The standard InChI is InChI=1S/C23H30FN3O2/c1-6-12-27(23(29)16(2)3)15-18-14-20(10-11-21(18)26(4)5)25-22(28)17-8-7-9-19(24)13-17/h7-11,13-14,16H,6,12,15H2,1-5H3,(H,25,28). The highest BCUT2D eigenvalue weighted by atomic mass is 19.1. The molecule has 0 atom stereocenters. The number of hydrogen-bond donors (Lipinski definition) is 1. The molecule has 2 aromatic rings. The van der Waals surface area contributed by atoms with Crippen molar-refractivity contribution in [3.05, 3.63) is 59.4 Å². The van der Waals surface area contributed by atoms with Crippen LogP contribution >= 0.6 is 0 Å². The number of nitrogens with zero attached hydrogens (tertiary/aromatic N) is 2. The lowest BCUT2D eigenvalue weighted by atomic mass is 10.1. The maximum absolute atomic E-state index is 13.4. The third-order valence-corrected chi connectivity index (χ3v) is 4.57. The zero-order valence-corrected chi connectivity index (χ0v) is 17.8. The normalized spacial score (nSPS) is 10.7. The first-order chi connectivity index (χ1) is 13.7. The van der Waals surface area contributed by atoms with Gasteiger partial charge >= 0.3 is 0 Å². The van der Waals surface area contributed by atoms with Crippen LogP contribution in [0.5, 0.6) is 0 Å². The summed E-state index contributed by atoms with van der Waals surface area (Å²) in [6.45, 7) is 6.97. The summed E-state index contributed by atoms with van der Waals surface area (Å²) >= 11 is 0. The molecule has 0 aromatic heterocycles. The van der Waals surface area contributed by atoms with E-state index in [2.05, 4.69) is 5.32 Å². The van der Waals surface area contributed by atoms with E-state index in [1.807, 2.05) is 62.9 Å². The van der Waals surface area contributed by atoms with E-state index in [9.17, 15) is 14.0 Å². The molecule has 2 amide bonds. The highest BCUT2D eigenvalue weighted by molar-refractivity contribution is 6.04. The molecule has 0 fully saturated rings. The summed E-state index contributed by atoms with van der Waals surface area (Å²) in [4.78, 5) is 28.9. The number of amides is 2. The van der Waals surface area contributed by atoms with Gasteiger partial charge in [-0.05, 0) is 48.4 Å². The van der Waals surface area contributed by atoms with Crippen LogP contribution in [-0.4, -0.2) is 37.4 Å². The molecule has 1 N–H and O–H groups in total. The van der Waals surface area contributed by atoms with E-state index in [1.165, 1.54) is 18.2 Å². The number of carbonyl (C=O) groups excluding carboxylic acids is 2. The van der Waals surface area contributed by atoms with Crippen LogP contribution in [-0.2, 0) is 11.3 Å². The molecular weight excluding hydrogens is 369 g/mol. The van der Waals surface area contributed by atoms with Crippen LogP contribution in [0.3, 0.4) is 0 Å². The fraction of sp³-hybridized carbons (Fsp3) is 0.391. The number of rotatable bonds is 8. The molecule has 0 spiro atoms. The second-order valence-electron chi connectivity index (χ2n) is 7.62. The minimum atomic E-state index is -0.455. The van der Waals surface area contributed by atoms with E-state index in [0.717, 1.165) is 17.7 Å². The second kappa shape index (κ2) is 10.0. The van der Waals surface area contributed by atoms with Gasteiger partial charge in [0.2, 0.25) is 5.91 Å². The average Bonchev–Trinajstić information content (AvgIpc) is 2.67. The van der Waals surface area contributed by atoms with E-state index in [0.29, 0.717) is 18.8 Å². The smallest absolute Gasteiger partial charge is 0.255 e. The molecule has 0 radical (unpaired) electrons. The van der Waals surface area contributed by atoms with Crippen molar-refractivity contribution in [2.45, 2.75) is 33.7 Å². The van der Waals surface area contributed by atoms with Crippen LogP contribution in [0.15, 0.2) is 42.5 Å². The van der Waals surface area contributed by atoms with Gasteiger partial charge < -0.3 is 15.1 Å². The Bertz CT molecular complexity index is 865. The van der Waals surface area contributed by atoms with Crippen LogP contribution in [0.2, 0.25) is 0 Å². The van der Waals surface area contributed by atoms with Crippen molar-refractivity contribution in [1.82, 2.24) is 4.90 Å². The van der Waals surface area contributed by atoms with Crippen molar-refractivity contribution >= 4 is 23.2 Å². The number of anilines is 2. The maximum atomic E-state index is 13.4. The first-order valence-electron chi connectivity index (χ1n) is 9.88. The predicted octanol–water partition coefficient (Wildman–Crippen LogP) is 4.54. The summed E-state index contributed by atoms with van der Waals surface area (Å²) in [7, 11) is 3.89.